The summed E-state index contributed by atoms with van der Waals surface area (Å²) in [6.45, 7) is 5.29. The van der Waals surface area contributed by atoms with E-state index in [-0.39, 0.29) is 24.7 Å². The van der Waals surface area contributed by atoms with Crippen molar-refractivity contribution in [3.63, 3.8) is 0 Å². The number of hydrogen-bond acceptors (Lipinski definition) is 6. The Morgan fingerprint density at radius 1 is 0.951 bits per heavy atom. The fourth-order valence-electron chi connectivity index (χ4n) is 5.64. The van der Waals surface area contributed by atoms with E-state index in [2.05, 4.69) is 25.9 Å². The second-order valence-electron chi connectivity index (χ2n) is 11.8. The summed E-state index contributed by atoms with van der Waals surface area (Å²) in [5.74, 6) is -0.803. The Hall–Kier alpha value is -3.24. The number of aromatic amines is 1. The quantitative estimate of drug-likeness (QED) is 0.193. The van der Waals surface area contributed by atoms with Crippen molar-refractivity contribution in [2.75, 3.05) is 0 Å². The van der Waals surface area contributed by atoms with E-state index in [1.54, 1.807) is 6.20 Å². The molecule has 1 heterocycles. The standard InChI is InChI=1S/C31H47N5O5/c1-20(2)14-28(38)29(39)25(15-22-10-6-4-7-11-22)35-31(41)27(17-24-18-32-19-33-24)36-30(40)26(34-21(3)37)16-23-12-8-5-9-13-23/h5,8-9,12-13,18-20,22,25-29,38-39H,4,6-7,10-11,14-17H2,1-3H3,(H,32,33)(H,34,37)(H,35,41)(H,36,40)/t25-,26-,27-,28-,29+/m0/s1. The van der Waals surface area contributed by atoms with Gasteiger partial charge in [0.05, 0.1) is 18.5 Å². The first-order chi connectivity index (χ1) is 19.6. The number of aliphatic hydroxyl groups excluding tert-OH is 2. The van der Waals surface area contributed by atoms with Gasteiger partial charge in [0.25, 0.3) is 0 Å². The Morgan fingerprint density at radius 3 is 2.22 bits per heavy atom. The van der Waals surface area contributed by atoms with Gasteiger partial charge in [-0.2, -0.15) is 0 Å². The van der Waals surface area contributed by atoms with Crippen molar-refractivity contribution in [3.05, 3.63) is 54.1 Å². The summed E-state index contributed by atoms with van der Waals surface area (Å²) in [7, 11) is 0. The maximum absolute atomic E-state index is 13.8. The molecule has 2 aromatic rings. The third-order valence-electron chi connectivity index (χ3n) is 7.75. The molecule has 10 nitrogen and oxygen atoms in total. The van der Waals surface area contributed by atoms with E-state index in [0.29, 0.717) is 24.5 Å². The van der Waals surface area contributed by atoms with Crippen LogP contribution in [-0.2, 0) is 27.2 Å². The van der Waals surface area contributed by atoms with Crippen molar-refractivity contribution in [2.24, 2.45) is 11.8 Å². The molecule has 3 amide bonds. The Bertz CT molecular complexity index is 1070. The number of hydrogen-bond donors (Lipinski definition) is 6. The van der Waals surface area contributed by atoms with E-state index in [1.165, 1.54) is 19.7 Å². The van der Waals surface area contributed by atoms with Gasteiger partial charge in [0.15, 0.2) is 0 Å². The normalized spacial score (nSPS) is 17.7. The van der Waals surface area contributed by atoms with Crippen LogP contribution in [0.2, 0.25) is 0 Å². The topological polar surface area (TPSA) is 156 Å². The number of imidazole rings is 1. The lowest BCUT2D eigenvalue weighted by molar-refractivity contribution is -0.132. The molecule has 1 saturated carbocycles. The lowest BCUT2D eigenvalue weighted by Crippen LogP contribution is -2.58. The predicted octanol–water partition coefficient (Wildman–Crippen LogP) is 2.41. The summed E-state index contributed by atoms with van der Waals surface area (Å²) in [6.07, 6.45) is 7.75. The highest BCUT2D eigenvalue weighted by Gasteiger charge is 2.34. The van der Waals surface area contributed by atoms with Crippen molar-refractivity contribution in [3.8, 4) is 0 Å². The molecule has 1 aromatic carbocycles. The van der Waals surface area contributed by atoms with Gasteiger partial charge in [-0.05, 0) is 30.2 Å². The molecule has 0 radical (unpaired) electrons. The van der Waals surface area contributed by atoms with E-state index in [9.17, 15) is 24.6 Å². The molecular formula is C31H47N5O5. The number of nitrogens with zero attached hydrogens (tertiary/aromatic N) is 1. The molecule has 0 bridgehead atoms. The number of rotatable bonds is 15. The summed E-state index contributed by atoms with van der Waals surface area (Å²) in [5.41, 5.74) is 1.51. The van der Waals surface area contributed by atoms with E-state index in [1.807, 2.05) is 44.2 Å². The van der Waals surface area contributed by atoms with Crippen LogP contribution in [0.15, 0.2) is 42.9 Å². The van der Waals surface area contributed by atoms with Crippen LogP contribution in [0.3, 0.4) is 0 Å². The zero-order chi connectivity index (χ0) is 29.8. The fraction of sp³-hybridized carbons (Fsp3) is 0.613. The molecule has 0 spiro atoms. The molecule has 5 atom stereocenters. The van der Waals surface area contributed by atoms with Crippen LogP contribution >= 0.6 is 0 Å². The Morgan fingerprint density at radius 2 is 1.61 bits per heavy atom. The highest BCUT2D eigenvalue weighted by Crippen LogP contribution is 2.29. The average Bonchev–Trinajstić information content (AvgIpc) is 3.45. The molecule has 226 valence electrons. The molecule has 1 aromatic heterocycles. The van der Waals surface area contributed by atoms with Crippen molar-refractivity contribution in [1.82, 2.24) is 25.9 Å². The Kier molecular flexibility index (Phi) is 12.8. The third kappa shape index (κ3) is 10.9. The summed E-state index contributed by atoms with van der Waals surface area (Å²) in [6, 6.07) is 6.78. The maximum atomic E-state index is 13.8. The number of carbonyl (C=O) groups excluding carboxylic acids is 3. The molecule has 0 aliphatic heterocycles. The summed E-state index contributed by atoms with van der Waals surface area (Å²) in [5, 5.41) is 30.4. The van der Waals surface area contributed by atoms with Gasteiger partial charge in [-0.25, -0.2) is 4.98 Å². The number of amides is 3. The fourth-order valence-corrected chi connectivity index (χ4v) is 5.64. The van der Waals surface area contributed by atoms with Crippen LogP contribution in [0.25, 0.3) is 0 Å². The number of aromatic nitrogens is 2. The van der Waals surface area contributed by atoms with Gasteiger partial charge < -0.3 is 31.1 Å². The lowest BCUT2D eigenvalue weighted by atomic mass is 9.82. The van der Waals surface area contributed by atoms with Gasteiger partial charge in [-0.3, -0.25) is 14.4 Å². The number of benzene rings is 1. The van der Waals surface area contributed by atoms with Crippen molar-refractivity contribution < 1.29 is 24.6 Å². The van der Waals surface area contributed by atoms with E-state index >= 15 is 0 Å². The monoisotopic (exact) mass is 569 g/mol. The Labute approximate surface area is 243 Å². The average molecular weight is 570 g/mol. The van der Waals surface area contributed by atoms with Gasteiger partial charge in [-0.1, -0.05) is 76.3 Å². The maximum Gasteiger partial charge on any atom is 0.243 e. The number of aliphatic hydroxyl groups is 2. The molecule has 1 aliphatic carbocycles. The van der Waals surface area contributed by atoms with Crippen molar-refractivity contribution in [1.29, 1.82) is 0 Å². The molecule has 41 heavy (non-hydrogen) atoms. The van der Waals surface area contributed by atoms with Gasteiger partial charge >= 0.3 is 0 Å². The van der Waals surface area contributed by atoms with E-state index < -0.39 is 42.1 Å². The zero-order valence-corrected chi connectivity index (χ0v) is 24.5. The largest absolute Gasteiger partial charge is 0.390 e. The van der Waals surface area contributed by atoms with Crippen LogP contribution in [0.5, 0.6) is 0 Å². The van der Waals surface area contributed by atoms with E-state index in [4.69, 9.17) is 0 Å². The smallest absolute Gasteiger partial charge is 0.243 e. The minimum absolute atomic E-state index is 0.135. The van der Waals surface area contributed by atoms with Crippen LogP contribution in [0, 0.1) is 11.8 Å². The second-order valence-corrected chi connectivity index (χ2v) is 11.8. The molecule has 1 fully saturated rings. The van der Waals surface area contributed by atoms with Crippen molar-refractivity contribution >= 4 is 17.7 Å². The lowest BCUT2D eigenvalue weighted by Gasteiger charge is -2.34. The molecular weight excluding hydrogens is 522 g/mol. The van der Waals surface area contributed by atoms with Crippen LogP contribution in [0.4, 0.5) is 0 Å². The first-order valence-electron chi connectivity index (χ1n) is 14.9. The summed E-state index contributed by atoms with van der Waals surface area (Å²) in [4.78, 5) is 46.2. The first-order valence-corrected chi connectivity index (χ1v) is 14.9. The van der Waals surface area contributed by atoms with Crippen LogP contribution in [-0.4, -0.2) is 68.2 Å². The number of nitrogens with one attached hydrogen (secondary N) is 4. The third-order valence-corrected chi connectivity index (χ3v) is 7.75. The number of carbonyl (C=O) groups is 3. The molecule has 0 saturated heterocycles. The van der Waals surface area contributed by atoms with Crippen molar-refractivity contribution in [2.45, 2.75) is 109 Å². The number of H-pyrrole nitrogens is 1. The SMILES string of the molecule is CC(=O)N[C@@H](Cc1ccccc1)C(=O)N[C@@H](Cc1cnc[nH]1)C(=O)N[C@@H](CC1CCCCC1)[C@@H](O)[C@@H](O)CC(C)C. The zero-order valence-electron chi connectivity index (χ0n) is 24.5. The van der Waals surface area contributed by atoms with Gasteiger partial charge in [0.2, 0.25) is 17.7 Å². The summed E-state index contributed by atoms with van der Waals surface area (Å²) >= 11 is 0. The van der Waals surface area contributed by atoms with Gasteiger partial charge in [0.1, 0.15) is 18.2 Å². The Balaban J connectivity index is 1.80. The molecule has 1 aliphatic rings. The van der Waals surface area contributed by atoms with E-state index in [0.717, 1.165) is 31.2 Å². The molecule has 10 heteroatoms. The second kappa shape index (κ2) is 16.3. The van der Waals surface area contributed by atoms with Gasteiger partial charge in [-0.15, -0.1) is 0 Å². The molecule has 3 rings (SSSR count). The van der Waals surface area contributed by atoms with Crippen LogP contribution < -0.4 is 16.0 Å². The predicted molar refractivity (Wildman–Crippen MR) is 157 cm³/mol. The minimum atomic E-state index is -1.14. The molecule has 0 unspecified atom stereocenters. The summed E-state index contributed by atoms with van der Waals surface area (Å²) < 4.78 is 0. The first kappa shape index (κ1) is 32.3. The minimum Gasteiger partial charge on any atom is -0.390 e. The molecule has 6 N–H and O–H groups in total. The van der Waals surface area contributed by atoms with Crippen LogP contribution in [0.1, 0.15) is 77.0 Å². The van der Waals surface area contributed by atoms with Gasteiger partial charge in [0, 0.05) is 31.7 Å². The highest BCUT2D eigenvalue weighted by molar-refractivity contribution is 5.92. The highest BCUT2D eigenvalue weighted by atomic mass is 16.3.